The Morgan fingerprint density at radius 2 is 1.73 bits per heavy atom. The molecule has 0 aliphatic carbocycles. The number of hydrogen-bond acceptors (Lipinski definition) is 4. The van der Waals surface area contributed by atoms with Gasteiger partial charge in [-0.3, -0.25) is 4.90 Å². The molecule has 0 N–H and O–H groups in total. The largest absolute Gasteiger partial charge is 0.354 e. The molecule has 0 radical (unpaired) electrons. The van der Waals surface area contributed by atoms with E-state index in [1.165, 1.54) is 18.0 Å². The molecule has 1 saturated heterocycles. The molecular weight excluding hydrogens is 286 g/mol. The standard InChI is InChI=1S/C16H18F2N4/c17-16(18)14-10-15(20-12-19-14)22-8-6-21(7-9-22)11-13-4-2-1-3-5-13/h1-5,10,12,16H,6-9,11H2. The molecule has 2 heterocycles. The Morgan fingerprint density at radius 3 is 2.41 bits per heavy atom. The van der Waals surface area contributed by atoms with Gasteiger partial charge in [0.15, 0.2) is 0 Å². The molecule has 1 aliphatic rings. The average Bonchev–Trinajstić information content (AvgIpc) is 2.56. The van der Waals surface area contributed by atoms with Crippen LogP contribution in [-0.2, 0) is 6.54 Å². The molecule has 6 heteroatoms. The summed E-state index contributed by atoms with van der Waals surface area (Å²) in [6, 6.07) is 11.7. The van der Waals surface area contributed by atoms with Gasteiger partial charge in [0.2, 0.25) is 0 Å². The van der Waals surface area contributed by atoms with Gasteiger partial charge in [0.1, 0.15) is 17.8 Å². The Labute approximate surface area is 128 Å². The Balaban J connectivity index is 1.58. The molecule has 1 aromatic heterocycles. The molecule has 4 nitrogen and oxygen atoms in total. The summed E-state index contributed by atoms with van der Waals surface area (Å²) in [4.78, 5) is 12.1. The zero-order valence-electron chi connectivity index (χ0n) is 12.2. The first kappa shape index (κ1) is 14.8. The number of halogens is 2. The van der Waals surface area contributed by atoms with Gasteiger partial charge in [-0.05, 0) is 5.56 Å². The van der Waals surface area contributed by atoms with Gasteiger partial charge in [0, 0.05) is 38.8 Å². The summed E-state index contributed by atoms with van der Waals surface area (Å²) in [5.41, 5.74) is 1.08. The molecule has 0 atom stereocenters. The van der Waals surface area contributed by atoms with Crippen LogP contribution in [0.1, 0.15) is 17.7 Å². The topological polar surface area (TPSA) is 32.3 Å². The van der Waals surface area contributed by atoms with Crippen LogP contribution in [0, 0.1) is 0 Å². The highest BCUT2D eigenvalue weighted by Crippen LogP contribution is 2.21. The number of alkyl halides is 2. The van der Waals surface area contributed by atoms with Crippen LogP contribution >= 0.6 is 0 Å². The van der Waals surface area contributed by atoms with Gasteiger partial charge < -0.3 is 4.90 Å². The fourth-order valence-electron chi connectivity index (χ4n) is 2.63. The summed E-state index contributed by atoms with van der Waals surface area (Å²) in [6.07, 6.45) is -1.34. The summed E-state index contributed by atoms with van der Waals surface area (Å²) in [7, 11) is 0. The average molecular weight is 304 g/mol. The second-order valence-electron chi connectivity index (χ2n) is 5.35. The number of benzene rings is 1. The number of nitrogens with zero attached hydrogens (tertiary/aromatic N) is 4. The first-order valence-electron chi connectivity index (χ1n) is 7.34. The van der Waals surface area contributed by atoms with Crippen molar-refractivity contribution < 1.29 is 8.78 Å². The minimum Gasteiger partial charge on any atom is -0.354 e. The van der Waals surface area contributed by atoms with Gasteiger partial charge >= 0.3 is 0 Å². The molecule has 22 heavy (non-hydrogen) atoms. The molecule has 1 aromatic carbocycles. The zero-order chi connectivity index (χ0) is 15.4. The highest BCUT2D eigenvalue weighted by Gasteiger charge is 2.19. The number of rotatable bonds is 4. The van der Waals surface area contributed by atoms with Crippen molar-refractivity contribution in [2.75, 3.05) is 31.1 Å². The molecule has 0 amide bonds. The molecule has 1 fully saturated rings. The molecule has 116 valence electrons. The highest BCUT2D eigenvalue weighted by molar-refractivity contribution is 5.39. The Hall–Kier alpha value is -2.08. The van der Waals surface area contributed by atoms with Crippen LogP contribution in [0.5, 0.6) is 0 Å². The van der Waals surface area contributed by atoms with Crippen molar-refractivity contribution in [2.24, 2.45) is 0 Å². The highest BCUT2D eigenvalue weighted by atomic mass is 19.3. The second-order valence-corrected chi connectivity index (χ2v) is 5.35. The number of hydrogen-bond donors (Lipinski definition) is 0. The van der Waals surface area contributed by atoms with E-state index in [0.29, 0.717) is 5.82 Å². The summed E-state index contributed by atoms with van der Waals surface area (Å²) in [5, 5.41) is 0. The maximum atomic E-state index is 12.7. The molecule has 0 unspecified atom stereocenters. The monoisotopic (exact) mass is 304 g/mol. The van der Waals surface area contributed by atoms with Crippen LogP contribution in [-0.4, -0.2) is 41.0 Å². The van der Waals surface area contributed by atoms with Crippen LogP contribution in [0.3, 0.4) is 0 Å². The Bertz CT molecular complexity index is 598. The minimum atomic E-state index is -2.55. The first-order chi connectivity index (χ1) is 10.7. The SMILES string of the molecule is FC(F)c1cc(N2CCN(Cc3ccccc3)CC2)ncn1. The lowest BCUT2D eigenvalue weighted by molar-refractivity contribution is 0.146. The van der Waals surface area contributed by atoms with Gasteiger partial charge in [-0.15, -0.1) is 0 Å². The quantitative estimate of drug-likeness (QED) is 0.869. The fourth-order valence-corrected chi connectivity index (χ4v) is 2.63. The van der Waals surface area contributed by atoms with Crippen LogP contribution in [0.2, 0.25) is 0 Å². The third-order valence-corrected chi connectivity index (χ3v) is 3.84. The summed E-state index contributed by atoms with van der Waals surface area (Å²) in [6.45, 7) is 4.27. The first-order valence-corrected chi connectivity index (χ1v) is 7.34. The molecule has 0 saturated carbocycles. The molecule has 0 bridgehead atoms. The normalized spacial score (nSPS) is 16.2. The Kier molecular flexibility index (Phi) is 4.58. The minimum absolute atomic E-state index is 0.211. The zero-order valence-corrected chi connectivity index (χ0v) is 12.2. The lowest BCUT2D eigenvalue weighted by atomic mass is 10.2. The lowest BCUT2D eigenvalue weighted by Crippen LogP contribution is -2.46. The summed E-state index contributed by atoms with van der Waals surface area (Å²) < 4.78 is 25.4. The van der Waals surface area contributed by atoms with Crippen LogP contribution in [0.25, 0.3) is 0 Å². The Morgan fingerprint density at radius 1 is 1.00 bits per heavy atom. The maximum absolute atomic E-state index is 12.7. The lowest BCUT2D eigenvalue weighted by Gasteiger charge is -2.35. The van der Waals surface area contributed by atoms with E-state index in [1.807, 2.05) is 23.1 Å². The third kappa shape index (κ3) is 3.57. The van der Waals surface area contributed by atoms with E-state index in [-0.39, 0.29) is 5.69 Å². The van der Waals surface area contributed by atoms with E-state index >= 15 is 0 Å². The fraction of sp³-hybridized carbons (Fsp3) is 0.375. The molecule has 2 aromatic rings. The van der Waals surface area contributed by atoms with E-state index in [1.54, 1.807) is 0 Å². The number of piperazine rings is 1. The van der Waals surface area contributed by atoms with E-state index < -0.39 is 6.43 Å². The van der Waals surface area contributed by atoms with Crippen molar-refractivity contribution in [1.82, 2.24) is 14.9 Å². The van der Waals surface area contributed by atoms with Gasteiger partial charge in [0.25, 0.3) is 6.43 Å². The van der Waals surface area contributed by atoms with Gasteiger partial charge in [0.05, 0.1) is 0 Å². The predicted octanol–water partition coefficient (Wildman–Crippen LogP) is 2.74. The smallest absolute Gasteiger partial charge is 0.280 e. The van der Waals surface area contributed by atoms with Gasteiger partial charge in [-0.1, -0.05) is 30.3 Å². The van der Waals surface area contributed by atoms with Crippen molar-refractivity contribution in [3.63, 3.8) is 0 Å². The molecule has 1 aliphatic heterocycles. The van der Waals surface area contributed by atoms with Crippen LogP contribution in [0.4, 0.5) is 14.6 Å². The third-order valence-electron chi connectivity index (χ3n) is 3.84. The van der Waals surface area contributed by atoms with Crippen molar-refractivity contribution >= 4 is 5.82 Å². The van der Waals surface area contributed by atoms with Gasteiger partial charge in [-0.2, -0.15) is 0 Å². The van der Waals surface area contributed by atoms with Crippen molar-refractivity contribution in [2.45, 2.75) is 13.0 Å². The predicted molar refractivity (Wildman–Crippen MR) is 80.9 cm³/mol. The van der Waals surface area contributed by atoms with Gasteiger partial charge in [-0.25, -0.2) is 18.7 Å². The molecule has 3 rings (SSSR count). The molecule has 0 spiro atoms. The van der Waals surface area contributed by atoms with E-state index in [2.05, 4.69) is 27.0 Å². The number of anilines is 1. The maximum Gasteiger partial charge on any atom is 0.280 e. The summed E-state index contributed by atoms with van der Waals surface area (Å²) in [5.74, 6) is 0.588. The second kappa shape index (κ2) is 6.79. The number of aromatic nitrogens is 2. The van der Waals surface area contributed by atoms with E-state index in [0.717, 1.165) is 32.7 Å². The van der Waals surface area contributed by atoms with Crippen molar-refractivity contribution in [3.8, 4) is 0 Å². The van der Waals surface area contributed by atoms with Crippen molar-refractivity contribution in [1.29, 1.82) is 0 Å². The van der Waals surface area contributed by atoms with E-state index in [4.69, 9.17) is 0 Å². The summed E-state index contributed by atoms with van der Waals surface area (Å²) >= 11 is 0. The molecular formula is C16H18F2N4. The van der Waals surface area contributed by atoms with E-state index in [9.17, 15) is 8.78 Å². The van der Waals surface area contributed by atoms with Crippen molar-refractivity contribution in [3.05, 3.63) is 54.0 Å². The van der Waals surface area contributed by atoms with Crippen LogP contribution in [0.15, 0.2) is 42.7 Å². The van der Waals surface area contributed by atoms with Crippen LogP contribution < -0.4 is 4.90 Å².